The number of thioether (sulfide) groups is 1. The highest BCUT2D eigenvalue weighted by molar-refractivity contribution is 7.99. The van der Waals surface area contributed by atoms with E-state index in [-0.39, 0.29) is 17.5 Å². The summed E-state index contributed by atoms with van der Waals surface area (Å²) in [6.45, 7) is 12.5. The molecule has 190 valence electrons. The van der Waals surface area contributed by atoms with Gasteiger partial charge in [0.05, 0.1) is 0 Å². The first-order valence-electron chi connectivity index (χ1n) is 12.5. The van der Waals surface area contributed by atoms with Crippen LogP contribution in [0.4, 0.5) is 0 Å². The van der Waals surface area contributed by atoms with E-state index in [9.17, 15) is 19.5 Å². The molecular formula is C28H43NO4S. The first-order chi connectivity index (χ1) is 15.9. The Morgan fingerprint density at radius 3 is 2.24 bits per heavy atom. The lowest BCUT2D eigenvalue weighted by molar-refractivity contribution is -0.149. The van der Waals surface area contributed by atoms with Crippen LogP contribution in [0, 0.1) is 16.7 Å². The smallest absolute Gasteiger partial charge is 0.327 e. The standard InChI is InChI=1S/C28H43NO4S/c1-19(2)9-7-10-20(3)11-8-12-21(4)14-16-34-18-23(25(31)32)29-26(33)28-15-13-22(17-24(28)30)27(28,5)6/h9,11,14,22-23H,7-8,10,12-13,15-18H2,1-6H3,(H,29,33)(H,31,32)/b20-11+,21-14+/t22-,23+,28+/m1/s1. The first kappa shape index (κ1) is 28.4. The van der Waals surface area contributed by atoms with Crippen LogP contribution in [0.15, 0.2) is 34.9 Å². The minimum Gasteiger partial charge on any atom is -0.480 e. The minimum absolute atomic E-state index is 0.0252. The van der Waals surface area contributed by atoms with E-state index >= 15 is 0 Å². The Morgan fingerprint density at radius 2 is 1.71 bits per heavy atom. The molecule has 2 N–H and O–H groups in total. The molecule has 0 radical (unpaired) electrons. The molecule has 6 heteroatoms. The van der Waals surface area contributed by atoms with Gasteiger partial charge in [-0.15, -0.1) is 0 Å². The summed E-state index contributed by atoms with van der Waals surface area (Å²) < 4.78 is 0. The van der Waals surface area contributed by atoms with Crippen LogP contribution in [0.3, 0.4) is 0 Å². The third kappa shape index (κ3) is 6.65. The molecule has 3 atom stereocenters. The topological polar surface area (TPSA) is 83.5 Å². The highest BCUT2D eigenvalue weighted by Gasteiger charge is 2.68. The molecule has 0 aromatic rings. The van der Waals surface area contributed by atoms with Crippen LogP contribution >= 0.6 is 11.8 Å². The van der Waals surface area contributed by atoms with Gasteiger partial charge < -0.3 is 10.4 Å². The van der Waals surface area contributed by atoms with Crippen LogP contribution < -0.4 is 5.32 Å². The number of amides is 1. The SMILES string of the molecule is CC(C)=CCC/C(C)=C/CC/C(C)=C/CSC[C@H](NC(=O)[C@]12CC[C@H](CC1=O)C2(C)C)C(=O)O. The number of carbonyl (C=O) groups excluding carboxylic acids is 2. The minimum atomic E-state index is -1.07. The van der Waals surface area contributed by atoms with Crippen LogP contribution in [0.1, 0.15) is 86.5 Å². The fourth-order valence-corrected chi connectivity index (χ4v) is 6.39. The number of rotatable bonds is 13. The molecule has 5 nitrogen and oxygen atoms in total. The molecule has 0 unspecified atom stereocenters. The first-order valence-corrected chi connectivity index (χ1v) is 13.7. The van der Waals surface area contributed by atoms with Gasteiger partial charge in [0.2, 0.25) is 5.91 Å². The highest BCUT2D eigenvalue weighted by Crippen LogP contribution is 2.63. The summed E-state index contributed by atoms with van der Waals surface area (Å²) in [6.07, 6.45) is 12.7. The van der Waals surface area contributed by atoms with Crippen molar-refractivity contribution in [2.24, 2.45) is 16.7 Å². The Balaban J connectivity index is 1.80. The quantitative estimate of drug-likeness (QED) is 0.185. The molecule has 0 spiro atoms. The summed E-state index contributed by atoms with van der Waals surface area (Å²) in [5.41, 5.74) is 2.58. The summed E-state index contributed by atoms with van der Waals surface area (Å²) in [7, 11) is 0. The maximum atomic E-state index is 13.2. The number of carboxylic acid groups (broad SMARTS) is 1. The van der Waals surface area contributed by atoms with E-state index in [1.165, 1.54) is 28.5 Å². The third-order valence-electron chi connectivity index (χ3n) is 7.84. The van der Waals surface area contributed by atoms with Gasteiger partial charge in [0.15, 0.2) is 0 Å². The van der Waals surface area contributed by atoms with E-state index < -0.39 is 28.7 Å². The van der Waals surface area contributed by atoms with E-state index in [2.05, 4.69) is 51.2 Å². The Bertz CT molecular complexity index is 866. The van der Waals surface area contributed by atoms with Crippen molar-refractivity contribution in [2.75, 3.05) is 11.5 Å². The van der Waals surface area contributed by atoms with Gasteiger partial charge in [-0.25, -0.2) is 4.79 Å². The molecule has 34 heavy (non-hydrogen) atoms. The Morgan fingerprint density at radius 1 is 1.09 bits per heavy atom. The zero-order chi connectivity index (χ0) is 25.5. The summed E-state index contributed by atoms with van der Waals surface area (Å²) in [5, 5.41) is 12.4. The number of Topliss-reactive ketones (excluding diaryl/α,β-unsaturated/α-hetero) is 1. The van der Waals surface area contributed by atoms with Crippen molar-refractivity contribution in [3.63, 3.8) is 0 Å². The number of hydrogen-bond donors (Lipinski definition) is 2. The maximum Gasteiger partial charge on any atom is 0.327 e. The molecule has 0 aromatic carbocycles. The van der Waals surface area contributed by atoms with E-state index in [4.69, 9.17) is 0 Å². The van der Waals surface area contributed by atoms with Crippen molar-refractivity contribution >= 4 is 29.4 Å². The average Bonchev–Trinajstić information content (AvgIpc) is 3.11. The normalized spacial score (nSPS) is 24.8. The molecule has 2 aliphatic carbocycles. The molecule has 2 bridgehead atoms. The number of hydrogen-bond acceptors (Lipinski definition) is 4. The van der Waals surface area contributed by atoms with Gasteiger partial charge in [0.25, 0.3) is 0 Å². The van der Waals surface area contributed by atoms with Crippen molar-refractivity contribution in [3.05, 3.63) is 34.9 Å². The van der Waals surface area contributed by atoms with Crippen molar-refractivity contribution < 1.29 is 19.5 Å². The summed E-state index contributed by atoms with van der Waals surface area (Å²) in [5.74, 6) is -0.275. The van der Waals surface area contributed by atoms with Gasteiger partial charge in [-0.05, 0) is 77.6 Å². The molecule has 0 aromatic heterocycles. The average molecular weight is 490 g/mol. The molecule has 2 aliphatic rings. The van der Waals surface area contributed by atoms with Crippen LogP contribution in [0.5, 0.6) is 0 Å². The summed E-state index contributed by atoms with van der Waals surface area (Å²) in [4.78, 5) is 37.6. The zero-order valence-corrected chi connectivity index (χ0v) is 22.6. The van der Waals surface area contributed by atoms with Gasteiger partial charge >= 0.3 is 5.97 Å². The number of carbonyl (C=O) groups is 3. The summed E-state index contributed by atoms with van der Waals surface area (Å²) >= 11 is 1.49. The van der Waals surface area contributed by atoms with E-state index in [0.29, 0.717) is 18.6 Å². The van der Waals surface area contributed by atoms with Gasteiger partial charge in [0.1, 0.15) is 17.2 Å². The molecule has 0 saturated heterocycles. The van der Waals surface area contributed by atoms with E-state index in [1.54, 1.807) is 0 Å². The van der Waals surface area contributed by atoms with Crippen LogP contribution in [0.25, 0.3) is 0 Å². The fraction of sp³-hybridized carbons (Fsp3) is 0.679. The Hall–Kier alpha value is -1.82. The number of fused-ring (bicyclic) bond motifs is 2. The molecule has 1 amide bonds. The van der Waals surface area contributed by atoms with Crippen LogP contribution in [0.2, 0.25) is 0 Å². The molecule has 2 fully saturated rings. The Kier molecular flexibility index (Phi) is 10.2. The Labute approximate surface area is 209 Å². The molecule has 2 saturated carbocycles. The van der Waals surface area contributed by atoms with Crippen molar-refractivity contribution in [1.29, 1.82) is 0 Å². The molecular weight excluding hydrogens is 446 g/mol. The van der Waals surface area contributed by atoms with Gasteiger partial charge in [0, 0.05) is 17.9 Å². The third-order valence-corrected chi connectivity index (χ3v) is 8.82. The van der Waals surface area contributed by atoms with Crippen LogP contribution in [-0.4, -0.2) is 40.3 Å². The molecule has 0 heterocycles. The second-order valence-corrected chi connectivity index (χ2v) is 11.9. The maximum absolute atomic E-state index is 13.2. The number of carboxylic acids is 1. The van der Waals surface area contributed by atoms with E-state index in [0.717, 1.165) is 32.1 Å². The number of allylic oxidation sites excluding steroid dienone is 5. The zero-order valence-electron chi connectivity index (χ0n) is 21.8. The second-order valence-electron chi connectivity index (χ2n) is 10.9. The second kappa shape index (κ2) is 12.2. The molecule has 2 rings (SSSR count). The lowest BCUT2D eigenvalue weighted by Crippen LogP contribution is -2.54. The predicted octanol–water partition coefficient (Wildman–Crippen LogP) is 6.10. The predicted molar refractivity (Wildman–Crippen MR) is 141 cm³/mol. The van der Waals surface area contributed by atoms with Crippen molar-refractivity contribution in [1.82, 2.24) is 5.32 Å². The van der Waals surface area contributed by atoms with Crippen molar-refractivity contribution in [2.45, 2.75) is 92.5 Å². The van der Waals surface area contributed by atoms with Gasteiger partial charge in [-0.1, -0.05) is 48.8 Å². The van der Waals surface area contributed by atoms with Crippen molar-refractivity contribution in [3.8, 4) is 0 Å². The van der Waals surface area contributed by atoms with Gasteiger partial charge in [-0.2, -0.15) is 11.8 Å². The number of nitrogens with one attached hydrogen (secondary N) is 1. The highest BCUT2D eigenvalue weighted by atomic mass is 32.2. The fourth-order valence-electron chi connectivity index (χ4n) is 5.39. The van der Waals surface area contributed by atoms with Gasteiger partial charge in [-0.3, -0.25) is 9.59 Å². The number of aliphatic carboxylic acids is 1. The summed E-state index contributed by atoms with van der Waals surface area (Å²) in [6, 6.07) is -0.991. The largest absolute Gasteiger partial charge is 0.480 e. The van der Waals surface area contributed by atoms with E-state index in [1.807, 2.05) is 13.8 Å². The lowest BCUT2D eigenvalue weighted by atomic mass is 9.68. The lowest BCUT2D eigenvalue weighted by Gasteiger charge is -2.35. The van der Waals surface area contributed by atoms with Crippen LogP contribution in [-0.2, 0) is 14.4 Å². The monoisotopic (exact) mass is 489 g/mol. The molecule has 0 aliphatic heterocycles. The number of ketones is 1.